The first-order valence-corrected chi connectivity index (χ1v) is 8.64. The molecule has 0 bridgehead atoms. The number of nitrogens with zero attached hydrogens (tertiary/aromatic N) is 3. The molecule has 1 amide bonds. The number of alkyl halides is 3. The first-order valence-electron chi connectivity index (χ1n) is 8.64. The van der Waals surface area contributed by atoms with Gasteiger partial charge in [0.1, 0.15) is 5.69 Å². The third kappa shape index (κ3) is 4.53. The first kappa shape index (κ1) is 19.1. The summed E-state index contributed by atoms with van der Waals surface area (Å²) < 4.78 is 39.1. The smallest absolute Gasteiger partial charge is 0.349 e. The number of hydrogen-bond acceptors (Lipinski definition) is 4. The fourth-order valence-corrected chi connectivity index (χ4v) is 3.21. The summed E-state index contributed by atoms with van der Waals surface area (Å²) in [6.07, 6.45) is -0.909. The number of aryl methyl sites for hydroxylation is 1. The Labute approximate surface area is 153 Å². The van der Waals surface area contributed by atoms with Gasteiger partial charge in [0.2, 0.25) is 0 Å². The van der Waals surface area contributed by atoms with E-state index >= 15 is 0 Å². The van der Waals surface area contributed by atoms with Gasteiger partial charge in [-0.2, -0.15) is 18.3 Å². The van der Waals surface area contributed by atoms with Crippen LogP contribution in [-0.4, -0.2) is 26.7 Å². The van der Waals surface area contributed by atoms with Crippen LogP contribution in [0, 0.1) is 6.92 Å². The summed E-state index contributed by atoms with van der Waals surface area (Å²) in [6.45, 7) is 1.82. The Bertz CT molecular complexity index is 869. The standard InChI is InChI=1S/C18H19F3N4O2/c1-11-2-9-16(26)25(24-11)14-6-4-13(5-7-14)23-17(27)12-3-8-15(22-10-12)18(19,20)21/h2-3,8-10,13-14H,4-7H2,1H3,(H,23,27). The van der Waals surface area contributed by atoms with Crippen LogP contribution in [0.1, 0.15) is 53.5 Å². The lowest BCUT2D eigenvalue weighted by atomic mass is 9.91. The fraction of sp³-hybridized carbons (Fsp3) is 0.444. The van der Waals surface area contributed by atoms with Crippen molar-refractivity contribution in [1.82, 2.24) is 20.1 Å². The van der Waals surface area contributed by atoms with Gasteiger partial charge in [-0.1, -0.05) is 0 Å². The van der Waals surface area contributed by atoms with Gasteiger partial charge in [-0.3, -0.25) is 14.6 Å². The number of hydrogen-bond donors (Lipinski definition) is 1. The average Bonchev–Trinajstić information content (AvgIpc) is 2.64. The highest BCUT2D eigenvalue weighted by molar-refractivity contribution is 5.94. The van der Waals surface area contributed by atoms with Crippen LogP contribution in [0.3, 0.4) is 0 Å². The van der Waals surface area contributed by atoms with Crippen LogP contribution < -0.4 is 10.9 Å². The van der Waals surface area contributed by atoms with Gasteiger partial charge < -0.3 is 5.32 Å². The van der Waals surface area contributed by atoms with Crippen molar-refractivity contribution in [3.8, 4) is 0 Å². The van der Waals surface area contributed by atoms with Crippen molar-refractivity contribution in [3.05, 3.63) is 57.8 Å². The molecule has 0 unspecified atom stereocenters. The largest absolute Gasteiger partial charge is 0.433 e. The Hall–Kier alpha value is -2.71. The maximum Gasteiger partial charge on any atom is 0.433 e. The lowest BCUT2D eigenvalue weighted by Crippen LogP contribution is -2.39. The predicted octanol–water partition coefficient (Wildman–Crippen LogP) is 2.88. The third-order valence-corrected chi connectivity index (χ3v) is 4.65. The summed E-state index contributed by atoms with van der Waals surface area (Å²) >= 11 is 0. The Balaban J connectivity index is 1.58. The molecule has 144 valence electrons. The van der Waals surface area contributed by atoms with Crippen molar-refractivity contribution in [1.29, 1.82) is 0 Å². The van der Waals surface area contributed by atoms with Gasteiger partial charge in [0.25, 0.3) is 11.5 Å². The van der Waals surface area contributed by atoms with Crippen molar-refractivity contribution in [2.45, 2.75) is 50.9 Å². The lowest BCUT2D eigenvalue weighted by Gasteiger charge is -2.29. The van der Waals surface area contributed by atoms with Gasteiger partial charge in [0, 0.05) is 18.3 Å². The zero-order valence-electron chi connectivity index (χ0n) is 14.7. The second-order valence-corrected chi connectivity index (χ2v) is 6.67. The van der Waals surface area contributed by atoms with E-state index in [2.05, 4.69) is 15.4 Å². The Morgan fingerprint density at radius 3 is 2.44 bits per heavy atom. The van der Waals surface area contributed by atoms with Gasteiger partial charge in [-0.25, -0.2) is 4.68 Å². The van der Waals surface area contributed by atoms with Crippen LogP contribution in [0.5, 0.6) is 0 Å². The second-order valence-electron chi connectivity index (χ2n) is 6.67. The molecule has 0 saturated heterocycles. The van der Waals surface area contributed by atoms with Crippen LogP contribution >= 0.6 is 0 Å². The highest BCUT2D eigenvalue weighted by atomic mass is 19.4. The molecule has 0 aromatic carbocycles. The van der Waals surface area contributed by atoms with Crippen molar-refractivity contribution in [3.63, 3.8) is 0 Å². The summed E-state index contributed by atoms with van der Waals surface area (Å²) in [5.41, 5.74) is -0.332. The van der Waals surface area contributed by atoms with Crippen LogP contribution in [-0.2, 0) is 6.18 Å². The van der Waals surface area contributed by atoms with E-state index in [0.29, 0.717) is 25.7 Å². The van der Waals surface area contributed by atoms with E-state index in [1.807, 2.05) is 6.92 Å². The monoisotopic (exact) mass is 380 g/mol. The summed E-state index contributed by atoms with van der Waals surface area (Å²) in [6, 6.07) is 4.96. The average molecular weight is 380 g/mol. The summed E-state index contributed by atoms with van der Waals surface area (Å²) in [5.74, 6) is -0.453. The number of pyridine rings is 1. The van der Waals surface area contributed by atoms with Crippen LogP contribution in [0.25, 0.3) is 0 Å². The molecular weight excluding hydrogens is 361 g/mol. The molecule has 27 heavy (non-hydrogen) atoms. The van der Waals surface area contributed by atoms with E-state index in [0.717, 1.165) is 24.0 Å². The van der Waals surface area contributed by atoms with Gasteiger partial charge in [-0.15, -0.1) is 0 Å². The molecule has 1 saturated carbocycles. The van der Waals surface area contributed by atoms with E-state index in [4.69, 9.17) is 0 Å². The fourth-order valence-electron chi connectivity index (χ4n) is 3.21. The Kier molecular flexibility index (Phi) is 5.29. The molecule has 9 heteroatoms. The zero-order valence-corrected chi connectivity index (χ0v) is 14.7. The molecule has 6 nitrogen and oxygen atoms in total. The third-order valence-electron chi connectivity index (χ3n) is 4.65. The van der Waals surface area contributed by atoms with Crippen molar-refractivity contribution < 1.29 is 18.0 Å². The van der Waals surface area contributed by atoms with Crippen LogP contribution in [0.15, 0.2) is 35.3 Å². The number of nitrogens with one attached hydrogen (secondary N) is 1. The summed E-state index contributed by atoms with van der Waals surface area (Å²) in [7, 11) is 0. The topological polar surface area (TPSA) is 76.9 Å². The maximum absolute atomic E-state index is 12.5. The Morgan fingerprint density at radius 2 is 1.85 bits per heavy atom. The quantitative estimate of drug-likeness (QED) is 0.888. The highest BCUT2D eigenvalue weighted by Crippen LogP contribution is 2.28. The molecular formula is C18H19F3N4O2. The first-order chi connectivity index (χ1) is 12.7. The van der Waals surface area contributed by atoms with Crippen molar-refractivity contribution >= 4 is 5.91 Å². The van der Waals surface area contributed by atoms with Gasteiger partial charge in [0.05, 0.1) is 17.3 Å². The highest BCUT2D eigenvalue weighted by Gasteiger charge is 2.32. The van der Waals surface area contributed by atoms with Crippen molar-refractivity contribution in [2.75, 3.05) is 0 Å². The molecule has 2 heterocycles. The summed E-state index contributed by atoms with van der Waals surface area (Å²) in [4.78, 5) is 27.5. The van der Waals surface area contributed by atoms with Gasteiger partial charge in [-0.05, 0) is 50.8 Å². The number of aromatic nitrogens is 3. The number of carbonyl (C=O) groups is 1. The molecule has 0 spiro atoms. The van der Waals surface area contributed by atoms with E-state index in [-0.39, 0.29) is 23.2 Å². The number of rotatable bonds is 3. The minimum atomic E-state index is -4.53. The lowest BCUT2D eigenvalue weighted by molar-refractivity contribution is -0.141. The van der Waals surface area contributed by atoms with E-state index in [9.17, 15) is 22.8 Å². The van der Waals surface area contributed by atoms with Crippen molar-refractivity contribution in [2.24, 2.45) is 0 Å². The number of carbonyl (C=O) groups excluding carboxylic acids is 1. The molecule has 0 atom stereocenters. The molecule has 0 radical (unpaired) electrons. The minimum Gasteiger partial charge on any atom is -0.349 e. The second kappa shape index (κ2) is 7.50. The SMILES string of the molecule is Cc1ccc(=O)n(C2CCC(NC(=O)c3ccc(C(F)(F)F)nc3)CC2)n1. The van der Waals surface area contributed by atoms with E-state index in [1.54, 1.807) is 6.07 Å². The van der Waals surface area contributed by atoms with Gasteiger partial charge >= 0.3 is 6.18 Å². The number of halogens is 3. The van der Waals surface area contributed by atoms with Crippen LogP contribution in [0.2, 0.25) is 0 Å². The van der Waals surface area contributed by atoms with Gasteiger partial charge in [0.15, 0.2) is 0 Å². The molecule has 3 rings (SSSR count). The zero-order chi connectivity index (χ0) is 19.6. The molecule has 1 fully saturated rings. The molecule has 0 aliphatic heterocycles. The van der Waals surface area contributed by atoms with E-state index < -0.39 is 17.8 Å². The molecule has 2 aromatic rings. The predicted molar refractivity (Wildman–Crippen MR) is 91.2 cm³/mol. The normalized spacial score (nSPS) is 20.3. The molecule has 1 aliphatic carbocycles. The summed E-state index contributed by atoms with van der Waals surface area (Å²) in [5, 5.41) is 7.10. The molecule has 1 N–H and O–H groups in total. The molecule has 1 aliphatic rings. The Morgan fingerprint density at radius 1 is 1.15 bits per heavy atom. The van der Waals surface area contributed by atoms with E-state index in [1.165, 1.54) is 10.7 Å². The minimum absolute atomic E-state index is 0.0155. The maximum atomic E-state index is 12.5. The number of amides is 1. The molecule has 2 aromatic heterocycles. The van der Waals surface area contributed by atoms with Crippen LogP contribution in [0.4, 0.5) is 13.2 Å².